The highest BCUT2D eigenvalue weighted by Gasteiger charge is 2.12. The summed E-state index contributed by atoms with van der Waals surface area (Å²) in [4.78, 5) is 16.1. The molecule has 106 valence electrons. The van der Waals surface area contributed by atoms with Gasteiger partial charge in [0.2, 0.25) is 5.91 Å². The SMILES string of the molecule is CCCC[C@H](N)C(=O)Nc1ccc(-n2cccn2)nc1. The molecule has 0 bridgehead atoms. The Balaban J connectivity index is 1.95. The van der Waals surface area contributed by atoms with Gasteiger partial charge in [-0.25, -0.2) is 9.67 Å². The highest BCUT2D eigenvalue weighted by molar-refractivity contribution is 5.94. The molecule has 0 aliphatic heterocycles. The first-order valence-corrected chi connectivity index (χ1v) is 6.73. The predicted molar refractivity (Wildman–Crippen MR) is 77.5 cm³/mol. The third-order valence-electron chi connectivity index (χ3n) is 2.96. The zero-order valence-corrected chi connectivity index (χ0v) is 11.5. The van der Waals surface area contributed by atoms with Gasteiger partial charge in [-0.1, -0.05) is 19.8 Å². The van der Waals surface area contributed by atoms with E-state index in [9.17, 15) is 4.79 Å². The molecular formula is C14H19N5O. The molecule has 1 amide bonds. The van der Waals surface area contributed by atoms with E-state index in [1.807, 2.05) is 6.07 Å². The van der Waals surface area contributed by atoms with Crippen LogP contribution >= 0.6 is 0 Å². The molecule has 0 fully saturated rings. The molecule has 2 aromatic heterocycles. The first-order valence-electron chi connectivity index (χ1n) is 6.73. The zero-order chi connectivity index (χ0) is 14.4. The third-order valence-corrected chi connectivity index (χ3v) is 2.96. The molecule has 0 radical (unpaired) electrons. The lowest BCUT2D eigenvalue weighted by Gasteiger charge is -2.11. The highest BCUT2D eigenvalue weighted by atomic mass is 16.2. The minimum Gasteiger partial charge on any atom is -0.323 e. The maximum atomic E-state index is 11.9. The number of pyridine rings is 1. The van der Waals surface area contributed by atoms with Crippen LogP contribution in [0, 0.1) is 0 Å². The summed E-state index contributed by atoms with van der Waals surface area (Å²) in [6, 6.07) is 4.93. The zero-order valence-electron chi connectivity index (χ0n) is 11.5. The molecule has 0 saturated heterocycles. The normalized spacial score (nSPS) is 12.1. The summed E-state index contributed by atoms with van der Waals surface area (Å²) < 4.78 is 1.65. The molecule has 1 atom stereocenters. The molecular weight excluding hydrogens is 254 g/mol. The van der Waals surface area contributed by atoms with Gasteiger partial charge in [-0.2, -0.15) is 5.10 Å². The second kappa shape index (κ2) is 6.81. The molecule has 2 rings (SSSR count). The average Bonchev–Trinajstić information content (AvgIpc) is 2.99. The van der Waals surface area contributed by atoms with Crippen LogP contribution in [0.2, 0.25) is 0 Å². The number of nitrogens with one attached hydrogen (secondary N) is 1. The van der Waals surface area contributed by atoms with Crippen molar-refractivity contribution in [1.29, 1.82) is 0 Å². The summed E-state index contributed by atoms with van der Waals surface area (Å²) >= 11 is 0. The van der Waals surface area contributed by atoms with Gasteiger partial charge in [0, 0.05) is 12.4 Å². The molecule has 0 unspecified atom stereocenters. The molecule has 0 aromatic carbocycles. The molecule has 0 aliphatic rings. The maximum Gasteiger partial charge on any atom is 0.241 e. The van der Waals surface area contributed by atoms with Gasteiger partial charge < -0.3 is 11.1 Å². The summed E-state index contributed by atoms with van der Waals surface area (Å²) in [6.45, 7) is 2.07. The standard InChI is InChI=1S/C14H19N5O/c1-2-3-5-12(15)14(20)18-11-6-7-13(16-10-11)19-9-4-8-17-19/h4,6-10,12H,2-3,5,15H2,1H3,(H,18,20)/t12-/m0/s1. The van der Waals surface area contributed by atoms with E-state index in [2.05, 4.69) is 22.3 Å². The smallest absolute Gasteiger partial charge is 0.241 e. The van der Waals surface area contributed by atoms with Crippen LogP contribution in [0.5, 0.6) is 0 Å². The maximum absolute atomic E-state index is 11.9. The van der Waals surface area contributed by atoms with Crippen LogP contribution in [-0.4, -0.2) is 26.7 Å². The van der Waals surface area contributed by atoms with Crippen LogP contribution in [0.3, 0.4) is 0 Å². The fourth-order valence-corrected chi connectivity index (χ4v) is 1.79. The number of hydrogen-bond acceptors (Lipinski definition) is 4. The fraction of sp³-hybridized carbons (Fsp3) is 0.357. The Morgan fingerprint density at radius 2 is 2.35 bits per heavy atom. The summed E-state index contributed by atoms with van der Waals surface area (Å²) in [7, 11) is 0. The third kappa shape index (κ3) is 3.64. The lowest BCUT2D eigenvalue weighted by Crippen LogP contribution is -2.35. The minimum atomic E-state index is -0.472. The number of amides is 1. The quantitative estimate of drug-likeness (QED) is 0.839. The molecule has 20 heavy (non-hydrogen) atoms. The number of carbonyl (C=O) groups excluding carboxylic acids is 1. The van der Waals surface area contributed by atoms with Gasteiger partial charge in [0.1, 0.15) is 0 Å². The van der Waals surface area contributed by atoms with Gasteiger partial charge in [0.25, 0.3) is 0 Å². The van der Waals surface area contributed by atoms with E-state index in [0.29, 0.717) is 17.9 Å². The second-order valence-electron chi connectivity index (χ2n) is 4.59. The van der Waals surface area contributed by atoms with Gasteiger partial charge in [-0.3, -0.25) is 4.79 Å². The van der Waals surface area contributed by atoms with Crippen molar-refractivity contribution in [3.63, 3.8) is 0 Å². The summed E-state index contributed by atoms with van der Waals surface area (Å²) in [5.74, 6) is 0.523. The highest BCUT2D eigenvalue weighted by Crippen LogP contribution is 2.10. The van der Waals surface area contributed by atoms with E-state index in [4.69, 9.17) is 5.73 Å². The lowest BCUT2D eigenvalue weighted by atomic mass is 10.1. The number of carbonyl (C=O) groups is 1. The van der Waals surface area contributed by atoms with E-state index >= 15 is 0 Å². The number of nitrogens with zero attached hydrogens (tertiary/aromatic N) is 3. The van der Waals surface area contributed by atoms with Crippen molar-refractivity contribution in [1.82, 2.24) is 14.8 Å². The van der Waals surface area contributed by atoms with E-state index in [1.165, 1.54) is 0 Å². The molecule has 3 N–H and O–H groups in total. The van der Waals surface area contributed by atoms with Gasteiger partial charge in [-0.05, 0) is 24.6 Å². The first kappa shape index (κ1) is 14.2. The molecule has 0 saturated carbocycles. The van der Waals surface area contributed by atoms with Crippen LogP contribution in [0.15, 0.2) is 36.8 Å². The van der Waals surface area contributed by atoms with Crippen LogP contribution in [0.4, 0.5) is 5.69 Å². The Hall–Kier alpha value is -2.21. The summed E-state index contributed by atoms with van der Waals surface area (Å²) in [5.41, 5.74) is 6.45. The number of rotatable bonds is 6. The summed E-state index contributed by atoms with van der Waals surface area (Å²) in [6.07, 6.45) is 7.76. The van der Waals surface area contributed by atoms with Crippen LogP contribution in [-0.2, 0) is 4.79 Å². The van der Waals surface area contributed by atoms with E-state index in [-0.39, 0.29) is 5.91 Å². The largest absolute Gasteiger partial charge is 0.323 e. The summed E-state index contributed by atoms with van der Waals surface area (Å²) in [5, 5.41) is 6.85. The van der Waals surface area contributed by atoms with E-state index in [1.54, 1.807) is 35.4 Å². The van der Waals surface area contributed by atoms with Crippen molar-refractivity contribution in [2.45, 2.75) is 32.2 Å². The fourth-order valence-electron chi connectivity index (χ4n) is 1.79. The second-order valence-corrected chi connectivity index (χ2v) is 4.59. The molecule has 6 heteroatoms. The van der Waals surface area contributed by atoms with E-state index in [0.717, 1.165) is 12.8 Å². The molecule has 0 aliphatic carbocycles. The lowest BCUT2D eigenvalue weighted by molar-refractivity contribution is -0.117. The number of hydrogen-bond donors (Lipinski definition) is 2. The van der Waals surface area contributed by atoms with Crippen molar-refractivity contribution >= 4 is 11.6 Å². The number of nitrogens with two attached hydrogens (primary N) is 1. The monoisotopic (exact) mass is 273 g/mol. The molecule has 6 nitrogen and oxygen atoms in total. The van der Waals surface area contributed by atoms with Crippen molar-refractivity contribution < 1.29 is 4.79 Å². The van der Waals surface area contributed by atoms with Gasteiger partial charge in [0.15, 0.2) is 5.82 Å². The van der Waals surface area contributed by atoms with Crippen LogP contribution < -0.4 is 11.1 Å². The molecule has 2 heterocycles. The minimum absolute atomic E-state index is 0.174. The van der Waals surface area contributed by atoms with Crippen LogP contribution in [0.1, 0.15) is 26.2 Å². The van der Waals surface area contributed by atoms with Gasteiger partial charge in [0.05, 0.1) is 17.9 Å². The average molecular weight is 273 g/mol. The number of anilines is 1. The number of unbranched alkanes of at least 4 members (excludes halogenated alkanes) is 1. The Morgan fingerprint density at radius 1 is 1.50 bits per heavy atom. The number of aromatic nitrogens is 3. The Bertz CT molecular complexity index is 535. The van der Waals surface area contributed by atoms with Crippen molar-refractivity contribution in [3.8, 4) is 5.82 Å². The Labute approximate surface area is 118 Å². The van der Waals surface area contributed by atoms with Gasteiger partial charge in [-0.15, -0.1) is 0 Å². The first-order chi connectivity index (χ1) is 9.70. The van der Waals surface area contributed by atoms with Crippen molar-refractivity contribution in [2.75, 3.05) is 5.32 Å². The van der Waals surface area contributed by atoms with Crippen molar-refractivity contribution in [3.05, 3.63) is 36.8 Å². The van der Waals surface area contributed by atoms with Crippen LogP contribution in [0.25, 0.3) is 5.82 Å². The van der Waals surface area contributed by atoms with Gasteiger partial charge >= 0.3 is 0 Å². The topological polar surface area (TPSA) is 85.8 Å². The predicted octanol–water partition coefficient (Wildman–Crippen LogP) is 1.72. The Kier molecular flexibility index (Phi) is 4.84. The Morgan fingerprint density at radius 3 is 2.95 bits per heavy atom. The van der Waals surface area contributed by atoms with Crippen molar-refractivity contribution in [2.24, 2.45) is 5.73 Å². The molecule has 0 spiro atoms. The van der Waals surface area contributed by atoms with E-state index < -0.39 is 6.04 Å². The molecule has 2 aromatic rings.